The van der Waals surface area contributed by atoms with Gasteiger partial charge in [-0.2, -0.15) is 0 Å². The Morgan fingerprint density at radius 1 is 1.08 bits per heavy atom. The van der Waals surface area contributed by atoms with Crippen LogP contribution in [0.1, 0.15) is 18.4 Å². The van der Waals surface area contributed by atoms with Crippen molar-refractivity contribution in [3.05, 3.63) is 72.9 Å². The number of rotatable bonds is 5. The molecule has 4 nitrogen and oxygen atoms in total. The average molecular weight is 320 g/mol. The molecule has 0 spiro atoms. The number of ether oxygens (including phenoxy) is 1. The number of aromatic nitrogens is 1. The van der Waals surface area contributed by atoms with E-state index in [0.29, 0.717) is 11.8 Å². The summed E-state index contributed by atoms with van der Waals surface area (Å²) in [7, 11) is 0. The molecule has 2 aromatic carbocycles. The van der Waals surface area contributed by atoms with Crippen molar-refractivity contribution < 1.29 is 9.15 Å². The van der Waals surface area contributed by atoms with Crippen LogP contribution >= 0.6 is 0 Å². The largest absolute Gasteiger partial charge is 0.480 e. The van der Waals surface area contributed by atoms with E-state index in [9.17, 15) is 0 Å². The predicted molar refractivity (Wildman–Crippen MR) is 92.7 cm³/mol. The van der Waals surface area contributed by atoms with Crippen LogP contribution < -0.4 is 10.1 Å². The summed E-state index contributed by atoms with van der Waals surface area (Å²) < 4.78 is 12.0. The maximum atomic E-state index is 6.43. The van der Waals surface area contributed by atoms with Gasteiger partial charge in [-0.25, -0.2) is 4.98 Å². The Hall–Kier alpha value is -2.59. The Kier molecular flexibility index (Phi) is 4.30. The van der Waals surface area contributed by atoms with E-state index in [0.717, 1.165) is 36.4 Å². The fourth-order valence-corrected chi connectivity index (χ4v) is 3.22. The molecule has 0 saturated carbocycles. The summed E-state index contributed by atoms with van der Waals surface area (Å²) in [6.45, 7) is 1.92. The highest BCUT2D eigenvalue weighted by Crippen LogP contribution is 2.36. The van der Waals surface area contributed by atoms with Crippen LogP contribution in [0.15, 0.2) is 71.5 Å². The second-order valence-corrected chi connectivity index (χ2v) is 6.02. The van der Waals surface area contributed by atoms with Crippen LogP contribution in [0.3, 0.4) is 0 Å². The van der Waals surface area contributed by atoms with Gasteiger partial charge < -0.3 is 14.5 Å². The third kappa shape index (κ3) is 3.05. The number of oxazole rings is 1. The Labute approximate surface area is 141 Å². The van der Waals surface area contributed by atoms with Crippen LogP contribution in [0, 0.1) is 5.92 Å². The van der Waals surface area contributed by atoms with Gasteiger partial charge in [0.05, 0.1) is 6.20 Å². The van der Waals surface area contributed by atoms with Crippen molar-refractivity contribution >= 4 is 0 Å². The summed E-state index contributed by atoms with van der Waals surface area (Å²) >= 11 is 0. The fourth-order valence-electron chi connectivity index (χ4n) is 3.22. The molecule has 1 aliphatic rings. The van der Waals surface area contributed by atoms with E-state index in [1.54, 1.807) is 12.5 Å². The van der Waals surface area contributed by atoms with Crippen LogP contribution in [0.25, 0.3) is 11.1 Å². The number of para-hydroxylation sites is 1. The van der Waals surface area contributed by atoms with Crippen molar-refractivity contribution in [2.45, 2.75) is 12.5 Å². The third-order valence-electron chi connectivity index (χ3n) is 4.45. The van der Waals surface area contributed by atoms with Crippen LogP contribution in [0.2, 0.25) is 0 Å². The number of hydrogen-bond donors (Lipinski definition) is 1. The lowest BCUT2D eigenvalue weighted by Crippen LogP contribution is -2.22. The van der Waals surface area contributed by atoms with Crippen molar-refractivity contribution in [2.24, 2.45) is 5.92 Å². The van der Waals surface area contributed by atoms with Crippen molar-refractivity contribution in [3.8, 4) is 16.9 Å². The fraction of sp³-hybridized carbons (Fsp3) is 0.250. The molecule has 1 aromatic heterocycles. The molecule has 2 heterocycles. The standard InChI is InChI=1S/C20H20N2O2/c1-2-6-15(7-3-1)17-8-4-5-9-18(17)24-19(16-10-11-21-14-16)20-22-12-13-23-20/h1-9,12-13,16,19,21H,10-11,14H2/t16?,19-/m0/s1. The Morgan fingerprint density at radius 2 is 1.92 bits per heavy atom. The third-order valence-corrected chi connectivity index (χ3v) is 4.45. The average Bonchev–Trinajstić information content (AvgIpc) is 3.35. The first-order chi connectivity index (χ1) is 11.9. The summed E-state index contributed by atoms with van der Waals surface area (Å²) in [4.78, 5) is 4.34. The maximum absolute atomic E-state index is 6.43. The van der Waals surface area contributed by atoms with Gasteiger partial charge in [0.2, 0.25) is 5.89 Å². The van der Waals surface area contributed by atoms with E-state index in [-0.39, 0.29) is 6.10 Å². The first kappa shape index (κ1) is 15.0. The van der Waals surface area contributed by atoms with Crippen LogP contribution in [-0.2, 0) is 0 Å². The highest BCUT2D eigenvalue weighted by atomic mass is 16.5. The lowest BCUT2D eigenvalue weighted by Gasteiger charge is -2.23. The van der Waals surface area contributed by atoms with Crippen molar-refractivity contribution in [2.75, 3.05) is 13.1 Å². The first-order valence-electron chi connectivity index (χ1n) is 8.33. The first-order valence-corrected chi connectivity index (χ1v) is 8.33. The van der Waals surface area contributed by atoms with Crippen LogP contribution in [-0.4, -0.2) is 18.1 Å². The zero-order valence-corrected chi connectivity index (χ0v) is 13.4. The molecule has 24 heavy (non-hydrogen) atoms. The molecule has 0 aliphatic carbocycles. The second-order valence-electron chi connectivity index (χ2n) is 6.02. The summed E-state index contributed by atoms with van der Waals surface area (Å²) in [5, 5.41) is 3.40. The van der Waals surface area contributed by atoms with Gasteiger partial charge in [-0.15, -0.1) is 0 Å². The van der Waals surface area contributed by atoms with Crippen molar-refractivity contribution in [1.29, 1.82) is 0 Å². The normalized spacial score (nSPS) is 18.4. The molecular weight excluding hydrogens is 300 g/mol. The minimum Gasteiger partial charge on any atom is -0.480 e. The van der Waals surface area contributed by atoms with Crippen LogP contribution in [0.4, 0.5) is 0 Å². The molecule has 1 aliphatic heterocycles. The lowest BCUT2D eigenvalue weighted by atomic mass is 10.0. The molecule has 2 atom stereocenters. The minimum absolute atomic E-state index is 0.181. The molecule has 4 heteroatoms. The van der Waals surface area contributed by atoms with E-state index in [2.05, 4.69) is 28.5 Å². The zero-order valence-electron chi connectivity index (χ0n) is 13.4. The Morgan fingerprint density at radius 3 is 2.67 bits per heavy atom. The van der Waals surface area contributed by atoms with Gasteiger partial charge in [-0.3, -0.25) is 0 Å². The zero-order chi connectivity index (χ0) is 16.2. The Bertz CT molecular complexity index is 765. The summed E-state index contributed by atoms with van der Waals surface area (Å²) in [6, 6.07) is 18.4. The molecule has 0 radical (unpaired) electrons. The number of benzene rings is 2. The van der Waals surface area contributed by atoms with Gasteiger partial charge in [0.15, 0.2) is 6.10 Å². The van der Waals surface area contributed by atoms with E-state index < -0.39 is 0 Å². The smallest absolute Gasteiger partial charge is 0.235 e. The number of nitrogens with zero attached hydrogens (tertiary/aromatic N) is 1. The molecule has 3 aromatic rings. The number of hydrogen-bond acceptors (Lipinski definition) is 4. The second kappa shape index (κ2) is 6.89. The molecule has 0 amide bonds. The molecule has 122 valence electrons. The monoisotopic (exact) mass is 320 g/mol. The molecule has 1 N–H and O–H groups in total. The summed E-state index contributed by atoms with van der Waals surface area (Å²) in [6.07, 6.45) is 4.16. The molecule has 4 rings (SSSR count). The molecule has 1 saturated heterocycles. The van der Waals surface area contributed by atoms with Crippen molar-refractivity contribution in [3.63, 3.8) is 0 Å². The van der Waals surface area contributed by atoms with Crippen molar-refractivity contribution in [1.82, 2.24) is 10.3 Å². The highest BCUT2D eigenvalue weighted by molar-refractivity contribution is 5.70. The Balaban J connectivity index is 1.68. The molecule has 0 bridgehead atoms. The van der Waals surface area contributed by atoms with Gasteiger partial charge >= 0.3 is 0 Å². The maximum Gasteiger partial charge on any atom is 0.235 e. The topological polar surface area (TPSA) is 47.3 Å². The molecule has 1 unspecified atom stereocenters. The number of nitrogens with one attached hydrogen (secondary N) is 1. The summed E-state index contributed by atoms with van der Waals surface area (Å²) in [5.41, 5.74) is 2.23. The molecule has 1 fully saturated rings. The van der Waals surface area contributed by atoms with Gasteiger partial charge in [0.1, 0.15) is 12.0 Å². The highest BCUT2D eigenvalue weighted by Gasteiger charge is 2.31. The minimum atomic E-state index is -0.181. The van der Waals surface area contributed by atoms with Gasteiger partial charge in [-0.1, -0.05) is 48.5 Å². The van der Waals surface area contributed by atoms with E-state index in [1.165, 1.54) is 0 Å². The van der Waals surface area contributed by atoms with Gasteiger partial charge in [0.25, 0.3) is 0 Å². The molecular formula is C20H20N2O2. The van der Waals surface area contributed by atoms with Crippen LogP contribution in [0.5, 0.6) is 5.75 Å². The van der Waals surface area contributed by atoms with Gasteiger partial charge in [-0.05, 0) is 24.6 Å². The van der Waals surface area contributed by atoms with E-state index >= 15 is 0 Å². The lowest BCUT2D eigenvalue weighted by molar-refractivity contribution is 0.115. The van der Waals surface area contributed by atoms with E-state index in [4.69, 9.17) is 9.15 Å². The summed E-state index contributed by atoms with van der Waals surface area (Å²) in [5.74, 6) is 1.86. The quantitative estimate of drug-likeness (QED) is 0.770. The SMILES string of the molecule is c1ccc(-c2ccccc2O[C@H](c2ncco2)C2CCNC2)cc1. The predicted octanol–water partition coefficient (Wildman–Crippen LogP) is 4.07. The van der Waals surface area contributed by atoms with Gasteiger partial charge in [0, 0.05) is 18.0 Å². The van der Waals surface area contributed by atoms with E-state index in [1.807, 2.05) is 36.4 Å².